The van der Waals surface area contributed by atoms with E-state index in [1.807, 2.05) is 48.6 Å². The van der Waals surface area contributed by atoms with E-state index in [1.54, 1.807) is 6.08 Å². The molecule has 0 aliphatic heterocycles. The van der Waals surface area contributed by atoms with Gasteiger partial charge in [-0.2, -0.15) is 0 Å². The molecule has 0 saturated heterocycles. The van der Waals surface area contributed by atoms with Gasteiger partial charge in [0.1, 0.15) is 6.04 Å². The molecule has 5 rings (SSSR count). The van der Waals surface area contributed by atoms with Crippen LogP contribution in [0.3, 0.4) is 0 Å². The first-order chi connectivity index (χ1) is 19.8. The molecule has 2 nitrogen and oxygen atoms in total. The smallest absolute Gasteiger partial charge is 0.154 e. The highest BCUT2D eigenvalue weighted by molar-refractivity contribution is 6.01. The molecule has 0 saturated carbocycles. The van der Waals surface area contributed by atoms with E-state index in [-0.39, 0.29) is 6.04 Å². The van der Waals surface area contributed by atoms with Crippen LogP contribution in [0, 0.1) is 0 Å². The lowest BCUT2D eigenvalue weighted by Crippen LogP contribution is -2.04. The number of benzene rings is 5. The largest absolute Gasteiger partial charge is 0.253 e. The second-order valence-electron chi connectivity index (χ2n) is 9.52. The standard InChI is InChI=1S/C38H32N2/c1-3-4-5-6-9-16-30-17-14-15-22-36(30)33-25-23-29-24-26-34(28-35(29)27-33)37(31-18-10-7-11-19-31)40-38(39-2)32-20-12-8-13-21-32/h3-15,17-28,37H,1-2,16H2/b5-4-,9-6-,40-38?. The Balaban J connectivity index is 1.56. The van der Waals surface area contributed by atoms with E-state index in [9.17, 15) is 0 Å². The van der Waals surface area contributed by atoms with Crippen LogP contribution in [0.25, 0.3) is 21.9 Å². The van der Waals surface area contributed by atoms with Gasteiger partial charge in [0.25, 0.3) is 0 Å². The van der Waals surface area contributed by atoms with Gasteiger partial charge in [0.2, 0.25) is 0 Å². The predicted molar refractivity (Wildman–Crippen MR) is 172 cm³/mol. The maximum absolute atomic E-state index is 5.13. The van der Waals surface area contributed by atoms with Crippen molar-refractivity contribution < 1.29 is 0 Å². The zero-order valence-corrected chi connectivity index (χ0v) is 22.5. The Kier molecular flexibility index (Phi) is 8.70. The molecule has 0 N–H and O–H groups in total. The lowest BCUT2D eigenvalue weighted by molar-refractivity contribution is 0.873. The molecule has 0 amide bonds. The van der Waals surface area contributed by atoms with Gasteiger partial charge in [-0.3, -0.25) is 4.99 Å². The molecule has 1 unspecified atom stereocenters. The summed E-state index contributed by atoms with van der Waals surface area (Å²) in [6, 6.07) is 42.1. The van der Waals surface area contributed by atoms with Crippen LogP contribution in [0.4, 0.5) is 0 Å². The van der Waals surface area contributed by atoms with Gasteiger partial charge in [-0.15, -0.1) is 0 Å². The first-order valence-corrected chi connectivity index (χ1v) is 13.5. The normalized spacial score (nSPS) is 12.7. The monoisotopic (exact) mass is 516 g/mol. The number of aliphatic imine (C=N–C) groups is 2. The Bertz CT molecular complexity index is 1690. The van der Waals surface area contributed by atoms with Gasteiger partial charge in [0.05, 0.1) is 0 Å². The molecule has 0 aliphatic carbocycles. The van der Waals surface area contributed by atoms with Crippen LogP contribution in [0.5, 0.6) is 0 Å². The van der Waals surface area contributed by atoms with E-state index in [2.05, 4.69) is 115 Å². The highest BCUT2D eigenvalue weighted by Crippen LogP contribution is 2.32. The van der Waals surface area contributed by atoms with Gasteiger partial charge in [0, 0.05) is 5.56 Å². The Morgan fingerprint density at radius 3 is 2.17 bits per heavy atom. The Hall–Kier alpha value is -5.08. The van der Waals surface area contributed by atoms with Crippen molar-refractivity contribution in [2.75, 3.05) is 0 Å². The van der Waals surface area contributed by atoms with Crippen molar-refractivity contribution >= 4 is 23.3 Å². The maximum Gasteiger partial charge on any atom is 0.154 e. The van der Waals surface area contributed by atoms with Crippen LogP contribution in [0.15, 0.2) is 168 Å². The second kappa shape index (κ2) is 13.1. The van der Waals surface area contributed by atoms with Crippen molar-refractivity contribution in [2.45, 2.75) is 12.5 Å². The zero-order valence-electron chi connectivity index (χ0n) is 22.5. The second-order valence-corrected chi connectivity index (χ2v) is 9.52. The number of allylic oxidation sites excluding steroid dienone is 5. The first kappa shape index (κ1) is 26.5. The van der Waals surface area contributed by atoms with Gasteiger partial charge in [-0.25, -0.2) is 4.99 Å². The molecule has 0 aromatic heterocycles. The molecule has 5 aromatic rings. The summed E-state index contributed by atoms with van der Waals surface area (Å²) in [5, 5.41) is 2.37. The average Bonchev–Trinajstić information content (AvgIpc) is 3.02. The molecule has 2 heteroatoms. The van der Waals surface area contributed by atoms with Crippen LogP contribution in [-0.4, -0.2) is 12.6 Å². The number of fused-ring (bicyclic) bond motifs is 1. The van der Waals surface area contributed by atoms with E-state index in [1.165, 1.54) is 27.5 Å². The number of hydrogen-bond acceptors (Lipinski definition) is 1. The van der Waals surface area contributed by atoms with E-state index in [0.717, 1.165) is 23.1 Å². The summed E-state index contributed by atoms with van der Waals surface area (Å²) in [5.41, 5.74) is 6.90. The van der Waals surface area contributed by atoms with Gasteiger partial charge in [0.15, 0.2) is 5.84 Å². The summed E-state index contributed by atoms with van der Waals surface area (Å²) in [6.07, 6.45) is 10.8. The van der Waals surface area contributed by atoms with Gasteiger partial charge < -0.3 is 0 Å². The third-order valence-electron chi connectivity index (χ3n) is 6.89. The topological polar surface area (TPSA) is 24.7 Å². The maximum atomic E-state index is 5.13. The highest BCUT2D eigenvalue weighted by atomic mass is 14.9. The Morgan fingerprint density at radius 2 is 1.40 bits per heavy atom. The predicted octanol–water partition coefficient (Wildman–Crippen LogP) is 9.58. The minimum absolute atomic E-state index is 0.212. The fraction of sp³-hybridized carbons (Fsp3) is 0.0526. The quantitative estimate of drug-likeness (QED) is 0.106. The molecule has 0 heterocycles. The van der Waals surface area contributed by atoms with Crippen molar-refractivity contribution in [1.82, 2.24) is 0 Å². The molecule has 1 atom stereocenters. The fourth-order valence-electron chi connectivity index (χ4n) is 4.89. The van der Waals surface area contributed by atoms with E-state index in [0.29, 0.717) is 5.84 Å². The minimum atomic E-state index is -0.212. The fourth-order valence-corrected chi connectivity index (χ4v) is 4.89. The van der Waals surface area contributed by atoms with E-state index >= 15 is 0 Å². The van der Waals surface area contributed by atoms with Crippen molar-refractivity contribution in [2.24, 2.45) is 9.98 Å². The molecule has 0 fully saturated rings. The molecule has 0 bridgehead atoms. The van der Waals surface area contributed by atoms with Gasteiger partial charge in [-0.1, -0.05) is 146 Å². The number of nitrogens with zero attached hydrogens (tertiary/aromatic N) is 2. The summed E-state index contributed by atoms with van der Waals surface area (Å²) >= 11 is 0. The molecule has 5 aromatic carbocycles. The Labute approximate surface area is 237 Å². The van der Waals surface area contributed by atoms with Crippen LogP contribution >= 0.6 is 0 Å². The SMILES string of the molecule is C=C/C=C\C=C/Cc1ccccc1-c1ccc2ccc(C(N=C(N=C)c3ccccc3)c3ccccc3)cc2c1. The van der Waals surface area contributed by atoms with Crippen molar-refractivity contribution in [1.29, 1.82) is 0 Å². The van der Waals surface area contributed by atoms with Crippen molar-refractivity contribution in [3.63, 3.8) is 0 Å². The third-order valence-corrected chi connectivity index (χ3v) is 6.89. The molecular formula is C38H32N2. The molecular weight excluding hydrogens is 484 g/mol. The van der Waals surface area contributed by atoms with E-state index in [4.69, 9.17) is 4.99 Å². The third kappa shape index (κ3) is 6.31. The van der Waals surface area contributed by atoms with E-state index < -0.39 is 0 Å². The molecule has 0 spiro atoms. The molecule has 0 radical (unpaired) electrons. The number of hydrogen-bond donors (Lipinski definition) is 0. The van der Waals surface area contributed by atoms with Crippen LogP contribution in [0.1, 0.15) is 28.3 Å². The molecule has 0 aliphatic rings. The van der Waals surface area contributed by atoms with Gasteiger partial charge in [-0.05, 0) is 63.9 Å². The summed E-state index contributed by atoms with van der Waals surface area (Å²) in [5.74, 6) is 0.633. The summed E-state index contributed by atoms with van der Waals surface area (Å²) in [7, 11) is 0. The van der Waals surface area contributed by atoms with Crippen molar-refractivity contribution in [3.05, 3.63) is 181 Å². The average molecular weight is 517 g/mol. The summed E-state index contributed by atoms with van der Waals surface area (Å²) < 4.78 is 0. The first-order valence-electron chi connectivity index (χ1n) is 13.5. The summed E-state index contributed by atoms with van der Waals surface area (Å²) in [6.45, 7) is 7.55. The summed E-state index contributed by atoms with van der Waals surface area (Å²) in [4.78, 5) is 9.43. The lowest BCUT2D eigenvalue weighted by Gasteiger charge is -2.16. The zero-order chi connectivity index (χ0) is 27.6. The highest BCUT2D eigenvalue weighted by Gasteiger charge is 2.16. The number of rotatable bonds is 9. The van der Waals surface area contributed by atoms with Gasteiger partial charge >= 0.3 is 0 Å². The molecule has 194 valence electrons. The number of amidine groups is 1. The van der Waals surface area contributed by atoms with Crippen molar-refractivity contribution in [3.8, 4) is 11.1 Å². The minimum Gasteiger partial charge on any atom is -0.253 e. The van der Waals surface area contributed by atoms with Crippen LogP contribution < -0.4 is 0 Å². The lowest BCUT2D eigenvalue weighted by atomic mass is 9.93. The van der Waals surface area contributed by atoms with Crippen LogP contribution in [0.2, 0.25) is 0 Å². The molecule has 40 heavy (non-hydrogen) atoms. The van der Waals surface area contributed by atoms with Crippen LogP contribution in [-0.2, 0) is 6.42 Å². The Morgan fingerprint density at radius 1 is 0.675 bits per heavy atom.